The second-order valence-corrected chi connectivity index (χ2v) is 4.37. The molecule has 2 heteroatoms. The van der Waals surface area contributed by atoms with Crippen LogP contribution in [0.2, 0.25) is 0 Å². The number of fused-ring (bicyclic) bond motifs is 2. The Kier molecular flexibility index (Phi) is 2.87. The summed E-state index contributed by atoms with van der Waals surface area (Å²) < 4.78 is 0. The first-order chi connectivity index (χ1) is 6.38. The Morgan fingerprint density at radius 2 is 1.54 bits per heavy atom. The third-order valence-electron chi connectivity index (χ3n) is 3.37. The lowest BCUT2D eigenvalue weighted by Gasteiger charge is -2.26. The van der Waals surface area contributed by atoms with E-state index in [4.69, 9.17) is 0 Å². The quantitative estimate of drug-likeness (QED) is 0.561. The molecule has 2 fully saturated rings. The molecule has 0 aromatic carbocycles. The van der Waals surface area contributed by atoms with Gasteiger partial charge < -0.3 is 4.90 Å². The van der Waals surface area contributed by atoms with Crippen LogP contribution in [0.4, 0.5) is 0 Å². The fraction of sp³-hybridized carbons (Fsp3) is 0.909. The summed E-state index contributed by atoms with van der Waals surface area (Å²) in [5.41, 5.74) is 0. The smallest absolute Gasteiger partial charge is 0.225 e. The van der Waals surface area contributed by atoms with Crippen molar-refractivity contribution in [1.82, 2.24) is 4.90 Å². The van der Waals surface area contributed by atoms with Crippen LogP contribution in [0.15, 0.2) is 0 Å². The largest absolute Gasteiger partial charge is 0.342 e. The van der Waals surface area contributed by atoms with E-state index < -0.39 is 0 Å². The number of amides is 1. The molecule has 2 saturated heterocycles. The Labute approximate surface area is 80.3 Å². The van der Waals surface area contributed by atoms with Crippen molar-refractivity contribution < 1.29 is 4.79 Å². The summed E-state index contributed by atoms with van der Waals surface area (Å²) in [6, 6.07) is 0. The lowest BCUT2D eigenvalue weighted by Crippen LogP contribution is -2.36. The molecule has 0 aromatic rings. The maximum Gasteiger partial charge on any atom is 0.225 e. The average Bonchev–Trinajstić information content (AvgIpc) is 2.32. The predicted molar refractivity (Wildman–Crippen MR) is 52.4 cm³/mol. The Bertz CT molecular complexity index is 173. The van der Waals surface area contributed by atoms with Crippen molar-refractivity contribution in [1.29, 1.82) is 0 Å². The van der Waals surface area contributed by atoms with Crippen molar-refractivity contribution in [3.8, 4) is 0 Å². The molecule has 1 unspecified atom stereocenters. The van der Waals surface area contributed by atoms with Crippen LogP contribution in [0, 0.1) is 5.92 Å². The molecule has 1 amide bonds. The van der Waals surface area contributed by atoms with Gasteiger partial charge in [-0.3, -0.25) is 4.79 Å². The van der Waals surface area contributed by atoms with Crippen LogP contribution in [-0.4, -0.2) is 23.9 Å². The minimum Gasteiger partial charge on any atom is -0.342 e. The van der Waals surface area contributed by atoms with Crippen molar-refractivity contribution in [2.75, 3.05) is 13.1 Å². The maximum absolute atomic E-state index is 11.9. The van der Waals surface area contributed by atoms with Gasteiger partial charge in [-0.2, -0.15) is 0 Å². The topological polar surface area (TPSA) is 20.3 Å². The van der Waals surface area contributed by atoms with Gasteiger partial charge in [-0.1, -0.05) is 19.3 Å². The van der Waals surface area contributed by atoms with Crippen molar-refractivity contribution in [3.05, 3.63) is 0 Å². The van der Waals surface area contributed by atoms with E-state index in [1.807, 2.05) is 0 Å². The van der Waals surface area contributed by atoms with Gasteiger partial charge in [-0.15, -0.1) is 0 Å². The van der Waals surface area contributed by atoms with Crippen molar-refractivity contribution in [2.45, 2.75) is 44.9 Å². The first kappa shape index (κ1) is 9.04. The Hall–Kier alpha value is -0.530. The first-order valence-corrected chi connectivity index (χ1v) is 5.67. The summed E-state index contributed by atoms with van der Waals surface area (Å²) in [5.74, 6) is 0.833. The standard InChI is InChI=1S/C11H19NO/c13-11-10-6-2-1-4-8-12(11)9-5-3-7-10/h10H,1-9H2. The summed E-state index contributed by atoms with van der Waals surface area (Å²) in [7, 11) is 0. The second kappa shape index (κ2) is 4.12. The molecular weight excluding hydrogens is 162 g/mol. The number of hydrogen-bond donors (Lipinski definition) is 0. The molecule has 2 nitrogen and oxygen atoms in total. The molecular formula is C11H19NO. The zero-order valence-corrected chi connectivity index (χ0v) is 8.30. The van der Waals surface area contributed by atoms with E-state index in [1.165, 1.54) is 32.1 Å². The molecule has 0 aromatic heterocycles. The summed E-state index contributed by atoms with van der Waals surface area (Å²) in [5, 5.41) is 0. The average molecular weight is 181 g/mol. The van der Waals surface area contributed by atoms with Gasteiger partial charge >= 0.3 is 0 Å². The molecule has 2 rings (SSSR count). The maximum atomic E-state index is 11.9. The van der Waals surface area contributed by atoms with Crippen LogP contribution in [0.5, 0.6) is 0 Å². The van der Waals surface area contributed by atoms with E-state index in [0.717, 1.165) is 25.9 Å². The Morgan fingerprint density at radius 3 is 2.31 bits per heavy atom. The number of carbonyl (C=O) groups excluding carboxylic acids is 1. The van der Waals surface area contributed by atoms with Gasteiger partial charge in [0.1, 0.15) is 0 Å². The SMILES string of the molecule is O=C1C2CCCCCN1CCCC2. The van der Waals surface area contributed by atoms with E-state index in [-0.39, 0.29) is 0 Å². The predicted octanol–water partition coefficient (Wildman–Crippen LogP) is 2.19. The number of carbonyl (C=O) groups is 1. The van der Waals surface area contributed by atoms with E-state index in [2.05, 4.69) is 4.90 Å². The fourth-order valence-corrected chi connectivity index (χ4v) is 2.55. The minimum absolute atomic E-state index is 0.378. The summed E-state index contributed by atoms with van der Waals surface area (Å²) in [4.78, 5) is 14.0. The Balaban J connectivity index is 2.08. The van der Waals surface area contributed by atoms with Crippen LogP contribution in [0.25, 0.3) is 0 Å². The lowest BCUT2D eigenvalue weighted by molar-refractivity contribution is -0.135. The van der Waals surface area contributed by atoms with Crippen molar-refractivity contribution in [3.63, 3.8) is 0 Å². The van der Waals surface area contributed by atoms with Gasteiger partial charge in [0, 0.05) is 19.0 Å². The highest BCUT2D eigenvalue weighted by molar-refractivity contribution is 5.79. The minimum atomic E-state index is 0.378. The number of nitrogens with zero attached hydrogens (tertiary/aromatic N) is 1. The highest BCUT2D eigenvalue weighted by atomic mass is 16.2. The zero-order chi connectivity index (χ0) is 9.10. The normalized spacial score (nSPS) is 30.6. The molecule has 1 atom stereocenters. The molecule has 2 aliphatic heterocycles. The van der Waals surface area contributed by atoms with E-state index in [9.17, 15) is 4.79 Å². The molecule has 0 N–H and O–H groups in total. The lowest BCUT2D eigenvalue weighted by atomic mass is 9.94. The molecule has 74 valence electrons. The summed E-state index contributed by atoms with van der Waals surface area (Å²) in [6.45, 7) is 2.05. The molecule has 2 heterocycles. The third-order valence-corrected chi connectivity index (χ3v) is 3.37. The van der Waals surface area contributed by atoms with Gasteiger partial charge in [0.2, 0.25) is 5.91 Å². The molecule has 13 heavy (non-hydrogen) atoms. The van der Waals surface area contributed by atoms with Crippen LogP contribution in [0.3, 0.4) is 0 Å². The number of hydrogen-bond acceptors (Lipinski definition) is 1. The zero-order valence-electron chi connectivity index (χ0n) is 8.30. The van der Waals surface area contributed by atoms with Gasteiger partial charge in [0.25, 0.3) is 0 Å². The number of rotatable bonds is 0. The highest BCUT2D eigenvalue weighted by Crippen LogP contribution is 2.25. The molecule has 0 spiro atoms. The van der Waals surface area contributed by atoms with Crippen LogP contribution in [0.1, 0.15) is 44.9 Å². The molecule has 0 radical (unpaired) electrons. The van der Waals surface area contributed by atoms with Crippen LogP contribution < -0.4 is 0 Å². The molecule has 0 saturated carbocycles. The monoisotopic (exact) mass is 181 g/mol. The Morgan fingerprint density at radius 1 is 0.923 bits per heavy atom. The van der Waals surface area contributed by atoms with Crippen LogP contribution in [-0.2, 0) is 4.79 Å². The molecule has 2 aliphatic rings. The molecule has 0 aliphatic carbocycles. The van der Waals surface area contributed by atoms with Crippen molar-refractivity contribution in [2.24, 2.45) is 5.92 Å². The summed E-state index contributed by atoms with van der Waals surface area (Å²) in [6.07, 6.45) is 8.59. The second-order valence-electron chi connectivity index (χ2n) is 4.37. The van der Waals surface area contributed by atoms with Gasteiger partial charge in [-0.05, 0) is 25.7 Å². The van der Waals surface area contributed by atoms with Gasteiger partial charge in [0.05, 0.1) is 0 Å². The van der Waals surface area contributed by atoms with E-state index in [1.54, 1.807) is 0 Å². The van der Waals surface area contributed by atoms with E-state index >= 15 is 0 Å². The van der Waals surface area contributed by atoms with Gasteiger partial charge in [0.15, 0.2) is 0 Å². The third kappa shape index (κ3) is 2.04. The first-order valence-electron chi connectivity index (χ1n) is 5.67. The van der Waals surface area contributed by atoms with Crippen LogP contribution >= 0.6 is 0 Å². The van der Waals surface area contributed by atoms with E-state index in [0.29, 0.717) is 11.8 Å². The van der Waals surface area contributed by atoms with Gasteiger partial charge in [-0.25, -0.2) is 0 Å². The summed E-state index contributed by atoms with van der Waals surface area (Å²) >= 11 is 0. The highest BCUT2D eigenvalue weighted by Gasteiger charge is 2.27. The van der Waals surface area contributed by atoms with Crippen molar-refractivity contribution >= 4 is 5.91 Å². The fourth-order valence-electron chi connectivity index (χ4n) is 2.55. The molecule has 2 bridgehead atoms.